The molecule has 1 atom stereocenters. The number of hydrogen-bond donors (Lipinski definition) is 3. The molecule has 1 aromatic heterocycles. The predicted octanol–water partition coefficient (Wildman–Crippen LogP) is -1.22. The van der Waals surface area contributed by atoms with Crippen molar-refractivity contribution in [3.63, 3.8) is 0 Å². The Bertz CT molecular complexity index is 499. The first-order valence-electron chi connectivity index (χ1n) is 6.09. The Hall–Kier alpha value is -2.35. The molecule has 1 fully saturated rings. The molecule has 0 radical (unpaired) electrons. The number of hydrogen-bond acceptors (Lipinski definition) is 5. The second-order valence-electron chi connectivity index (χ2n) is 4.42. The number of carbonyl (C=O) groups is 3. The molecule has 1 unspecified atom stereocenters. The van der Waals surface area contributed by atoms with Crippen molar-refractivity contribution in [1.82, 2.24) is 15.5 Å². The number of nitrogens with one attached hydrogen (secondary N) is 2. The van der Waals surface area contributed by atoms with E-state index in [1.165, 1.54) is 11.2 Å². The van der Waals surface area contributed by atoms with Gasteiger partial charge >= 0.3 is 5.97 Å². The summed E-state index contributed by atoms with van der Waals surface area (Å²) < 4.78 is 5.06. The van der Waals surface area contributed by atoms with Gasteiger partial charge in [-0.3, -0.25) is 19.3 Å². The van der Waals surface area contributed by atoms with Gasteiger partial charge in [-0.15, -0.1) is 0 Å². The van der Waals surface area contributed by atoms with Gasteiger partial charge in [0, 0.05) is 6.54 Å². The molecule has 3 N–H and O–H groups in total. The summed E-state index contributed by atoms with van der Waals surface area (Å²) >= 11 is 0. The lowest BCUT2D eigenvalue weighted by Gasteiger charge is -2.31. The van der Waals surface area contributed by atoms with Crippen molar-refractivity contribution in [1.29, 1.82) is 0 Å². The third-order valence-electron chi connectivity index (χ3n) is 2.95. The Morgan fingerprint density at radius 1 is 1.55 bits per heavy atom. The van der Waals surface area contributed by atoms with Crippen molar-refractivity contribution >= 4 is 17.8 Å². The topological polar surface area (TPSA) is 112 Å². The molecule has 2 heterocycles. The molecular weight excluding hydrogens is 266 g/mol. The lowest BCUT2D eigenvalue weighted by molar-refractivity contribution is -0.146. The molecule has 0 bridgehead atoms. The number of piperazine rings is 1. The Labute approximate surface area is 114 Å². The quantitative estimate of drug-likeness (QED) is 0.624. The number of rotatable bonds is 5. The van der Waals surface area contributed by atoms with Crippen LogP contribution in [0.3, 0.4) is 0 Å². The van der Waals surface area contributed by atoms with Crippen LogP contribution >= 0.6 is 0 Å². The zero-order chi connectivity index (χ0) is 14.5. The molecule has 1 aliphatic rings. The third kappa shape index (κ3) is 3.58. The van der Waals surface area contributed by atoms with Crippen LogP contribution in [0.2, 0.25) is 0 Å². The van der Waals surface area contributed by atoms with Crippen LogP contribution in [0.4, 0.5) is 0 Å². The van der Waals surface area contributed by atoms with Gasteiger partial charge in [-0.05, 0) is 12.1 Å². The standard InChI is InChI=1S/C12H15N3O5/c16-10(13-4-8-2-1-3-20-8)6-15-7-11(17)14-5-9(15)12(18)19/h1-3,9H,4-7H2,(H,13,16)(H,14,17)(H,18,19). The maximum atomic E-state index is 11.8. The van der Waals surface area contributed by atoms with Crippen LogP contribution in [0.5, 0.6) is 0 Å². The molecule has 1 aliphatic heterocycles. The highest BCUT2D eigenvalue weighted by molar-refractivity contribution is 5.85. The van der Waals surface area contributed by atoms with Gasteiger partial charge in [0.25, 0.3) is 0 Å². The van der Waals surface area contributed by atoms with Crippen LogP contribution in [-0.2, 0) is 20.9 Å². The molecule has 0 aliphatic carbocycles. The minimum absolute atomic E-state index is 0.000367. The lowest BCUT2D eigenvalue weighted by Crippen LogP contribution is -2.59. The minimum Gasteiger partial charge on any atom is -0.480 e. The molecule has 8 nitrogen and oxygen atoms in total. The lowest BCUT2D eigenvalue weighted by atomic mass is 10.2. The van der Waals surface area contributed by atoms with Crippen LogP contribution in [0.1, 0.15) is 5.76 Å². The summed E-state index contributed by atoms with van der Waals surface area (Å²) in [6.45, 7) is -0.0283. The summed E-state index contributed by atoms with van der Waals surface area (Å²) in [5.74, 6) is -1.11. The fourth-order valence-electron chi connectivity index (χ4n) is 1.94. The number of furan rings is 1. The van der Waals surface area contributed by atoms with E-state index in [0.717, 1.165) is 0 Å². The molecule has 1 saturated heterocycles. The third-order valence-corrected chi connectivity index (χ3v) is 2.95. The Morgan fingerprint density at radius 3 is 3.00 bits per heavy atom. The smallest absolute Gasteiger partial charge is 0.322 e. The average molecular weight is 281 g/mol. The van der Waals surface area contributed by atoms with Crippen molar-refractivity contribution in [2.75, 3.05) is 19.6 Å². The van der Waals surface area contributed by atoms with E-state index >= 15 is 0 Å². The highest BCUT2D eigenvalue weighted by atomic mass is 16.4. The largest absolute Gasteiger partial charge is 0.480 e. The first-order chi connectivity index (χ1) is 9.56. The second-order valence-corrected chi connectivity index (χ2v) is 4.42. The van der Waals surface area contributed by atoms with Gasteiger partial charge in [0.1, 0.15) is 11.8 Å². The van der Waals surface area contributed by atoms with Crippen LogP contribution in [0, 0.1) is 0 Å². The number of carbonyl (C=O) groups excluding carboxylic acids is 2. The van der Waals surface area contributed by atoms with E-state index in [9.17, 15) is 14.4 Å². The Morgan fingerprint density at radius 2 is 2.35 bits per heavy atom. The predicted molar refractivity (Wildman–Crippen MR) is 66.6 cm³/mol. The molecule has 108 valence electrons. The maximum Gasteiger partial charge on any atom is 0.322 e. The minimum atomic E-state index is -1.07. The first kappa shape index (κ1) is 14.1. The van der Waals surface area contributed by atoms with E-state index in [0.29, 0.717) is 5.76 Å². The van der Waals surface area contributed by atoms with Crippen molar-refractivity contribution in [2.24, 2.45) is 0 Å². The highest BCUT2D eigenvalue weighted by Crippen LogP contribution is 2.04. The van der Waals surface area contributed by atoms with Gasteiger partial charge in [-0.2, -0.15) is 0 Å². The normalized spacial score (nSPS) is 19.4. The first-order valence-corrected chi connectivity index (χ1v) is 6.09. The molecule has 20 heavy (non-hydrogen) atoms. The summed E-state index contributed by atoms with van der Waals surface area (Å²) in [7, 11) is 0. The van der Waals surface area contributed by atoms with Crippen molar-refractivity contribution < 1.29 is 23.9 Å². The summed E-state index contributed by atoms with van der Waals surface area (Å²) in [4.78, 5) is 35.4. The molecule has 8 heteroatoms. The summed E-state index contributed by atoms with van der Waals surface area (Å²) in [5, 5.41) is 14.1. The second kappa shape index (κ2) is 6.20. The summed E-state index contributed by atoms with van der Waals surface area (Å²) in [5.41, 5.74) is 0. The number of amides is 2. The average Bonchev–Trinajstić information content (AvgIpc) is 2.89. The SMILES string of the molecule is O=C(CN1CC(=O)NCC1C(=O)O)NCc1ccco1. The molecule has 0 aromatic carbocycles. The van der Waals surface area contributed by atoms with Gasteiger partial charge in [-0.25, -0.2) is 0 Å². The number of aliphatic carboxylic acids is 1. The zero-order valence-corrected chi connectivity index (χ0v) is 10.7. The molecule has 0 saturated carbocycles. The molecular formula is C12H15N3O5. The van der Waals surface area contributed by atoms with E-state index in [2.05, 4.69) is 10.6 Å². The van der Waals surface area contributed by atoms with Crippen molar-refractivity contribution in [3.8, 4) is 0 Å². The maximum absolute atomic E-state index is 11.8. The summed E-state index contributed by atoms with van der Waals surface area (Å²) in [6, 6.07) is 2.54. The highest BCUT2D eigenvalue weighted by Gasteiger charge is 2.32. The van der Waals surface area contributed by atoms with Gasteiger partial charge in [0.05, 0.1) is 25.9 Å². The number of carboxylic acids is 1. The van der Waals surface area contributed by atoms with E-state index in [-0.39, 0.29) is 38.0 Å². The van der Waals surface area contributed by atoms with Crippen LogP contribution in [0.15, 0.2) is 22.8 Å². The van der Waals surface area contributed by atoms with Crippen molar-refractivity contribution in [3.05, 3.63) is 24.2 Å². The van der Waals surface area contributed by atoms with Crippen LogP contribution in [0.25, 0.3) is 0 Å². The van der Waals surface area contributed by atoms with Crippen molar-refractivity contribution in [2.45, 2.75) is 12.6 Å². The monoisotopic (exact) mass is 281 g/mol. The fraction of sp³-hybridized carbons (Fsp3) is 0.417. The van der Waals surface area contributed by atoms with E-state index in [1.807, 2.05) is 0 Å². The number of carboxylic acid groups (broad SMARTS) is 1. The van der Waals surface area contributed by atoms with Crippen LogP contribution < -0.4 is 10.6 Å². The Balaban J connectivity index is 1.87. The van der Waals surface area contributed by atoms with E-state index in [1.54, 1.807) is 12.1 Å². The van der Waals surface area contributed by atoms with Gasteiger partial charge in [0.15, 0.2) is 0 Å². The van der Waals surface area contributed by atoms with E-state index < -0.39 is 12.0 Å². The van der Waals surface area contributed by atoms with Crippen LogP contribution in [-0.4, -0.2) is 53.5 Å². The molecule has 2 rings (SSSR count). The van der Waals surface area contributed by atoms with Gasteiger partial charge in [0.2, 0.25) is 11.8 Å². The molecule has 1 aromatic rings. The summed E-state index contributed by atoms with van der Waals surface area (Å²) in [6.07, 6.45) is 1.50. The van der Waals surface area contributed by atoms with Gasteiger partial charge in [-0.1, -0.05) is 0 Å². The molecule has 0 spiro atoms. The Kier molecular flexibility index (Phi) is 4.36. The van der Waals surface area contributed by atoms with E-state index in [4.69, 9.17) is 9.52 Å². The zero-order valence-electron chi connectivity index (χ0n) is 10.7. The molecule has 2 amide bonds. The fourth-order valence-corrected chi connectivity index (χ4v) is 1.94. The van der Waals surface area contributed by atoms with Gasteiger partial charge < -0.3 is 20.2 Å². The number of nitrogens with zero attached hydrogens (tertiary/aromatic N) is 1.